The summed E-state index contributed by atoms with van der Waals surface area (Å²) in [5.41, 5.74) is -1.54. The third-order valence-electron chi connectivity index (χ3n) is 4.46. The van der Waals surface area contributed by atoms with Crippen LogP contribution in [0.1, 0.15) is 18.9 Å². The van der Waals surface area contributed by atoms with Crippen LogP contribution in [0.5, 0.6) is 0 Å². The van der Waals surface area contributed by atoms with E-state index in [0.29, 0.717) is 5.56 Å². The standard InChI is InChI=1S/C18H22N2O7/c1-11(21)19-13-9-18(25,12-7-5-4-6-8-12)15(17(24)27-3)20(16(13)23)10-14(22)26-2/h4-8,13,15,25H,9-10H2,1-3H3,(H,19,21)/t13-,15+,18+/m0/s1. The molecule has 1 aliphatic heterocycles. The molecule has 0 bridgehead atoms. The van der Waals surface area contributed by atoms with Crippen LogP contribution in [-0.2, 0) is 34.3 Å². The van der Waals surface area contributed by atoms with Gasteiger partial charge in [-0.3, -0.25) is 14.4 Å². The quantitative estimate of drug-likeness (QED) is 0.651. The van der Waals surface area contributed by atoms with Gasteiger partial charge >= 0.3 is 11.9 Å². The summed E-state index contributed by atoms with van der Waals surface area (Å²) in [7, 11) is 2.26. The van der Waals surface area contributed by atoms with Crippen LogP contribution in [0.4, 0.5) is 0 Å². The molecule has 0 aromatic heterocycles. The van der Waals surface area contributed by atoms with E-state index in [1.165, 1.54) is 6.92 Å². The van der Waals surface area contributed by atoms with Crippen LogP contribution in [0, 0.1) is 0 Å². The molecule has 1 fully saturated rings. The molecule has 2 rings (SSSR count). The summed E-state index contributed by atoms with van der Waals surface area (Å²) in [6.45, 7) is 0.645. The number of amides is 2. The van der Waals surface area contributed by atoms with Crippen molar-refractivity contribution in [3.8, 4) is 0 Å². The number of methoxy groups -OCH3 is 2. The molecule has 0 aliphatic carbocycles. The Hall–Kier alpha value is -2.94. The molecule has 146 valence electrons. The maximum atomic E-state index is 12.8. The number of hydrogen-bond acceptors (Lipinski definition) is 7. The first-order chi connectivity index (χ1) is 12.7. The first-order valence-corrected chi connectivity index (χ1v) is 8.24. The number of piperidine rings is 1. The molecule has 3 atom stereocenters. The lowest BCUT2D eigenvalue weighted by Gasteiger charge is -2.47. The molecule has 0 spiro atoms. The maximum absolute atomic E-state index is 12.8. The lowest BCUT2D eigenvalue weighted by molar-refractivity contribution is -0.180. The second-order valence-electron chi connectivity index (χ2n) is 6.22. The second kappa shape index (κ2) is 8.17. The molecule has 1 aromatic rings. The molecule has 0 radical (unpaired) electrons. The van der Waals surface area contributed by atoms with E-state index < -0.39 is 48.0 Å². The van der Waals surface area contributed by atoms with Crippen LogP contribution >= 0.6 is 0 Å². The van der Waals surface area contributed by atoms with E-state index in [-0.39, 0.29) is 6.42 Å². The Morgan fingerprint density at radius 1 is 1.22 bits per heavy atom. The Balaban J connectivity index is 2.59. The number of esters is 2. The summed E-state index contributed by atoms with van der Waals surface area (Å²) in [5, 5.41) is 13.9. The van der Waals surface area contributed by atoms with Crippen molar-refractivity contribution < 1.29 is 33.8 Å². The number of nitrogens with one attached hydrogen (secondary N) is 1. The molecule has 27 heavy (non-hydrogen) atoms. The highest BCUT2D eigenvalue weighted by molar-refractivity contribution is 5.95. The van der Waals surface area contributed by atoms with Gasteiger partial charge in [-0.2, -0.15) is 0 Å². The largest absolute Gasteiger partial charge is 0.468 e. The fourth-order valence-electron chi connectivity index (χ4n) is 3.26. The molecule has 1 aliphatic rings. The third kappa shape index (κ3) is 4.08. The van der Waals surface area contributed by atoms with Gasteiger partial charge in [0.15, 0.2) is 6.04 Å². The topological polar surface area (TPSA) is 122 Å². The van der Waals surface area contributed by atoms with Gasteiger partial charge in [-0.25, -0.2) is 4.79 Å². The van der Waals surface area contributed by atoms with Crippen molar-refractivity contribution >= 4 is 23.8 Å². The number of hydrogen-bond donors (Lipinski definition) is 2. The van der Waals surface area contributed by atoms with E-state index in [2.05, 4.69) is 10.1 Å². The minimum absolute atomic E-state index is 0.257. The molecular formula is C18H22N2O7. The van der Waals surface area contributed by atoms with Gasteiger partial charge in [-0.15, -0.1) is 0 Å². The van der Waals surface area contributed by atoms with Crippen molar-refractivity contribution in [2.24, 2.45) is 0 Å². The molecule has 9 heteroatoms. The van der Waals surface area contributed by atoms with E-state index in [0.717, 1.165) is 19.1 Å². The average molecular weight is 378 g/mol. The summed E-state index contributed by atoms with van der Waals surface area (Å²) in [4.78, 5) is 49.6. The molecule has 1 aromatic carbocycles. The Bertz CT molecular complexity index is 736. The maximum Gasteiger partial charge on any atom is 0.332 e. The predicted molar refractivity (Wildman–Crippen MR) is 92.1 cm³/mol. The summed E-state index contributed by atoms with van der Waals surface area (Å²) in [6.07, 6.45) is -0.257. The summed E-state index contributed by atoms with van der Waals surface area (Å²) in [6, 6.07) is 5.62. The number of aliphatic hydroxyl groups is 1. The van der Waals surface area contributed by atoms with E-state index in [1.807, 2.05) is 0 Å². The molecule has 9 nitrogen and oxygen atoms in total. The van der Waals surface area contributed by atoms with Gasteiger partial charge in [0.05, 0.1) is 14.2 Å². The van der Waals surface area contributed by atoms with Crippen LogP contribution < -0.4 is 5.32 Å². The van der Waals surface area contributed by atoms with E-state index in [4.69, 9.17) is 4.74 Å². The number of nitrogens with zero attached hydrogens (tertiary/aromatic N) is 1. The van der Waals surface area contributed by atoms with Gasteiger partial charge in [-0.1, -0.05) is 30.3 Å². The Morgan fingerprint density at radius 2 is 1.85 bits per heavy atom. The van der Waals surface area contributed by atoms with Crippen LogP contribution in [-0.4, -0.2) is 66.6 Å². The van der Waals surface area contributed by atoms with E-state index >= 15 is 0 Å². The summed E-state index contributed by atoms with van der Waals surface area (Å²) in [5.74, 6) is -2.85. The summed E-state index contributed by atoms with van der Waals surface area (Å²) >= 11 is 0. The monoisotopic (exact) mass is 378 g/mol. The van der Waals surface area contributed by atoms with Gasteiger partial charge in [0.25, 0.3) is 0 Å². The van der Waals surface area contributed by atoms with Crippen molar-refractivity contribution in [1.29, 1.82) is 0 Å². The summed E-state index contributed by atoms with van der Waals surface area (Å²) < 4.78 is 9.38. The highest BCUT2D eigenvalue weighted by Crippen LogP contribution is 2.38. The highest BCUT2D eigenvalue weighted by atomic mass is 16.5. The molecule has 0 saturated carbocycles. The predicted octanol–water partition coefficient (Wildman–Crippen LogP) is -0.674. The van der Waals surface area contributed by atoms with Crippen molar-refractivity contribution in [3.05, 3.63) is 35.9 Å². The van der Waals surface area contributed by atoms with Gasteiger partial charge in [0.1, 0.15) is 18.2 Å². The number of benzene rings is 1. The van der Waals surface area contributed by atoms with Gasteiger partial charge in [0, 0.05) is 13.3 Å². The van der Waals surface area contributed by atoms with Crippen LogP contribution in [0.2, 0.25) is 0 Å². The highest BCUT2D eigenvalue weighted by Gasteiger charge is 2.56. The van der Waals surface area contributed by atoms with Gasteiger partial charge in [0.2, 0.25) is 11.8 Å². The van der Waals surface area contributed by atoms with Crippen LogP contribution in [0.3, 0.4) is 0 Å². The SMILES string of the molecule is COC(=O)CN1C(=O)[C@@H](NC(C)=O)C[C@@](O)(c2ccccc2)[C@H]1C(=O)OC. The first-order valence-electron chi connectivity index (χ1n) is 8.24. The number of carbonyl (C=O) groups excluding carboxylic acids is 4. The fourth-order valence-corrected chi connectivity index (χ4v) is 3.26. The minimum atomic E-state index is -1.89. The second-order valence-corrected chi connectivity index (χ2v) is 6.22. The van der Waals surface area contributed by atoms with Crippen LogP contribution in [0.15, 0.2) is 30.3 Å². The first kappa shape index (κ1) is 20.4. The average Bonchev–Trinajstić information content (AvgIpc) is 2.65. The van der Waals surface area contributed by atoms with Crippen molar-refractivity contribution in [2.45, 2.75) is 31.0 Å². The fraction of sp³-hybridized carbons (Fsp3) is 0.444. The molecule has 0 unspecified atom stereocenters. The number of carbonyl (C=O) groups is 4. The molecule has 2 N–H and O–H groups in total. The Kier molecular flexibility index (Phi) is 6.17. The molecule has 1 heterocycles. The van der Waals surface area contributed by atoms with Crippen molar-refractivity contribution in [2.75, 3.05) is 20.8 Å². The normalized spacial score (nSPS) is 24.9. The zero-order valence-electron chi connectivity index (χ0n) is 15.3. The number of ether oxygens (including phenoxy) is 2. The third-order valence-corrected chi connectivity index (χ3v) is 4.46. The van der Waals surface area contributed by atoms with E-state index in [9.17, 15) is 24.3 Å². The molecular weight excluding hydrogens is 356 g/mol. The van der Waals surface area contributed by atoms with Crippen molar-refractivity contribution in [3.63, 3.8) is 0 Å². The Labute approximate surface area is 156 Å². The molecule has 2 amide bonds. The lowest BCUT2D eigenvalue weighted by atomic mass is 9.76. The minimum Gasteiger partial charge on any atom is -0.468 e. The van der Waals surface area contributed by atoms with Gasteiger partial charge < -0.3 is 24.8 Å². The molecule has 1 saturated heterocycles. The number of likely N-dealkylation sites (tertiary alicyclic amines) is 1. The smallest absolute Gasteiger partial charge is 0.332 e. The zero-order chi connectivity index (χ0) is 20.2. The Morgan fingerprint density at radius 3 is 2.37 bits per heavy atom. The van der Waals surface area contributed by atoms with Crippen LogP contribution in [0.25, 0.3) is 0 Å². The van der Waals surface area contributed by atoms with Crippen molar-refractivity contribution in [1.82, 2.24) is 10.2 Å². The van der Waals surface area contributed by atoms with Gasteiger partial charge in [-0.05, 0) is 5.56 Å². The lowest BCUT2D eigenvalue weighted by Crippen LogP contribution is -2.68. The number of rotatable bonds is 5. The zero-order valence-corrected chi connectivity index (χ0v) is 15.3. The van der Waals surface area contributed by atoms with E-state index in [1.54, 1.807) is 30.3 Å².